The Bertz CT molecular complexity index is 1770. The van der Waals surface area contributed by atoms with E-state index in [1.54, 1.807) is 28.1 Å². The molecule has 0 radical (unpaired) electrons. The molecule has 0 amide bonds. The smallest absolute Gasteiger partial charge is 0.343 e. The van der Waals surface area contributed by atoms with Gasteiger partial charge in [-0.3, -0.25) is 4.21 Å². The Labute approximate surface area is 293 Å². The van der Waals surface area contributed by atoms with Crippen molar-refractivity contribution in [3.8, 4) is 11.5 Å². The van der Waals surface area contributed by atoms with Crippen molar-refractivity contribution < 1.29 is 32.7 Å². The van der Waals surface area contributed by atoms with E-state index in [0.717, 1.165) is 33.8 Å². The average Bonchev–Trinajstić information content (AvgIpc) is 3.10. The average molecular weight is 711 g/mol. The molecule has 4 aromatic rings. The molecule has 0 fully saturated rings. The third-order valence-electron chi connectivity index (χ3n) is 6.80. The lowest BCUT2D eigenvalue weighted by atomic mass is 10.1. The summed E-state index contributed by atoms with van der Waals surface area (Å²) in [6.07, 6.45) is 6.20. The standard InChI is InChI=1S/C17H21N3O4S.C17H21N3O3S/c1-5-24-16(21)13-10-19-17(25(4)22)20-15(13)18-9-12-6-7-14(23-3)11(2)8-12;1-5-23-16(21)13-10-19-17(24-4)20-15(13)18-9-12-6-7-14(22-3)11(2)8-12/h6-8,10H,5,9H2,1-4H3,(H,18,19,20);6-8,10H,5,9H2,1-4H3,(H,18,19,20). The first kappa shape index (κ1) is 38.7. The van der Waals surface area contributed by atoms with Crippen LogP contribution in [0.15, 0.2) is 59.1 Å². The quantitative estimate of drug-likeness (QED) is 0.0941. The summed E-state index contributed by atoms with van der Waals surface area (Å²) < 4.78 is 32.2. The molecule has 0 bridgehead atoms. The summed E-state index contributed by atoms with van der Waals surface area (Å²) in [6.45, 7) is 8.95. The van der Waals surface area contributed by atoms with E-state index in [9.17, 15) is 13.8 Å². The predicted molar refractivity (Wildman–Crippen MR) is 190 cm³/mol. The Kier molecular flexibility index (Phi) is 15.2. The molecular weight excluding hydrogens is 669 g/mol. The minimum atomic E-state index is -1.35. The second-order valence-corrected chi connectivity index (χ2v) is 12.3. The van der Waals surface area contributed by atoms with E-state index in [0.29, 0.717) is 42.1 Å². The highest BCUT2D eigenvalue weighted by Crippen LogP contribution is 2.23. The van der Waals surface area contributed by atoms with Gasteiger partial charge in [-0.1, -0.05) is 36.0 Å². The third kappa shape index (κ3) is 11.1. The van der Waals surface area contributed by atoms with Gasteiger partial charge in [-0.05, 0) is 68.3 Å². The summed E-state index contributed by atoms with van der Waals surface area (Å²) in [4.78, 5) is 40.8. The molecule has 2 aromatic carbocycles. The molecule has 13 nitrogen and oxygen atoms in total. The molecule has 1 atom stereocenters. The summed E-state index contributed by atoms with van der Waals surface area (Å²) in [5, 5.41) is 7.05. The van der Waals surface area contributed by atoms with Crippen LogP contribution in [-0.2, 0) is 33.4 Å². The first-order valence-electron chi connectivity index (χ1n) is 15.2. The minimum Gasteiger partial charge on any atom is -0.496 e. The number of methoxy groups -OCH3 is 2. The van der Waals surface area contributed by atoms with Crippen molar-refractivity contribution in [1.29, 1.82) is 0 Å². The number of aryl methyl sites for hydroxylation is 2. The Morgan fingerprint density at radius 3 is 1.65 bits per heavy atom. The number of anilines is 2. The molecule has 4 rings (SSSR count). The van der Waals surface area contributed by atoms with E-state index >= 15 is 0 Å². The molecule has 0 aliphatic rings. The van der Waals surface area contributed by atoms with Crippen LogP contribution in [-0.4, -0.2) is 76.0 Å². The van der Waals surface area contributed by atoms with Gasteiger partial charge in [0.25, 0.3) is 0 Å². The predicted octanol–water partition coefficient (Wildman–Crippen LogP) is 5.62. The SMILES string of the molecule is CCOC(=O)c1cnc(S(C)=O)nc1NCc1ccc(OC)c(C)c1.CCOC(=O)c1cnc(SC)nc1NCc1ccc(OC)c(C)c1. The summed E-state index contributed by atoms with van der Waals surface area (Å²) in [5.41, 5.74) is 4.65. The van der Waals surface area contributed by atoms with E-state index in [4.69, 9.17) is 18.9 Å². The van der Waals surface area contributed by atoms with Crippen molar-refractivity contribution in [2.75, 3.05) is 50.6 Å². The second kappa shape index (κ2) is 19.3. The Hall–Kier alpha value is -4.76. The number of nitrogens with one attached hydrogen (secondary N) is 2. The number of ether oxygens (including phenoxy) is 4. The number of rotatable bonds is 14. The van der Waals surface area contributed by atoms with Gasteiger partial charge < -0.3 is 29.6 Å². The van der Waals surface area contributed by atoms with Crippen molar-refractivity contribution >= 4 is 46.1 Å². The van der Waals surface area contributed by atoms with Crippen molar-refractivity contribution in [1.82, 2.24) is 19.9 Å². The van der Waals surface area contributed by atoms with Gasteiger partial charge in [0, 0.05) is 31.7 Å². The van der Waals surface area contributed by atoms with Gasteiger partial charge in [-0.25, -0.2) is 29.5 Å². The van der Waals surface area contributed by atoms with Gasteiger partial charge in [0.1, 0.15) is 34.3 Å². The highest BCUT2D eigenvalue weighted by molar-refractivity contribution is 7.98. The van der Waals surface area contributed by atoms with Crippen LogP contribution in [0.5, 0.6) is 11.5 Å². The number of aromatic nitrogens is 4. The lowest BCUT2D eigenvalue weighted by molar-refractivity contribution is 0.0516. The molecule has 0 saturated heterocycles. The maximum absolute atomic E-state index is 12.1. The second-order valence-electron chi connectivity index (χ2n) is 10.2. The Morgan fingerprint density at radius 1 is 0.776 bits per heavy atom. The van der Waals surface area contributed by atoms with E-state index in [1.165, 1.54) is 30.4 Å². The number of esters is 2. The normalized spacial score (nSPS) is 11.0. The molecule has 15 heteroatoms. The Morgan fingerprint density at radius 2 is 1.24 bits per heavy atom. The zero-order valence-electron chi connectivity index (χ0n) is 28.9. The Balaban J connectivity index is 0.000000266. The maximum Gasteiger partial charge on any atom is 0.343 e. The van der Waals surface area contributed by atoms with Crippen LogP contribution in [0.1, 0.15) is 56.8 Å². The van der Waals surface area contributed by atoms with Gasteiger partial charge in [-0.2, -0.15) is 0 Å². The number of carbonyl (C=O) groups excluding carboxylic acids is 2. The highest BCUT2D eigenvalue weighted by atomic mass is 32.2. The van der Waals surface area contributed by atoms with Gasteiger partial charge in [0.2, 0.25) is 5.16 Å². The third-order valence-corrected chi connectivity index (χ3v) is 8.07. The van der Waals surface area contributed by atoms with Crippen LogP contribution >= 0.6 is 11.8 Å². The van der Waals surface area contributed by atoms with Crippen molar-refractivity contribution in [2.45, 2.75) is 51.1 Å². The highest BCUT2D eigenvalue weighted by Gasteiger charge is 2.18. The largest absolute Gasteiger partial charge is 0.496 e. The van der Waals surface area contributed by atoms with Crippen molar-refractivity contribution in [3.05, 3.63) is 82.2 Å². The van der Waals surface area contributed by atoms with Crippen molar-refractivity contribution in [3.63, 3.8) is 0 Å². The van der Waals surface area contributed by atoms with Gasteiger partial charge >= 0.3 is 11.9 Å². The monoisotopic (exact) mass is 710 g/mol. The molecule has 0 aliphatic carbocycles. The van der Waals surface area contributed by atoms with E-state index in [2.05, 4.69) is 30.6 Å². The summed E-state index contributed by atoms with van der Waals surface area (Å²) in [5.74, 6) is 1.47. The lowest BCUT2D eigenvalue weighted by Gasteiger charge is -2.12. The summed E-state index contributed by atoms with van der Waals surface area (Å²) in [7, 11) is 1.92. The molecule has 2 N–H and O–H groups in total. The molecule has 262 valence electrons. The number of benzene rings is 2. The number of nitrogens with zero attached hydrogens (tertiary/aromatic N) is 4. The molecule has 0 saturated carbocycles. The zero-order chi connectivity index (χ0) is 35.9. The van der Waals surface area contributed by atoms with Crippen LogP contribution in [0.25, 0.3) is 0 Å². The fourth-order valence-corrected chi connectivity index (χ4v) is 5.19. The van der Waals surface area contributed by atoms with Gasteiger partial charge in [0.15, 0.2) is 5.16 Å². The lowest BCUT2D eigenvalue weighted by Crippen LogP contribution is -2.14. The molecule has 0 aliphatic heterocycles. The molecular formula is C34H42N6O7S2. The van der Waals surface area contributed by atoms with E-state index in [1.807, 2.05) is 56.5 Å². The maximum atomic E-state index is 12.1. The number of hydrogen-bond acceptors (Lipinski definition) is 14. The van der Waals surface area contributed by atoms with Gasteiger partial charge in [-0.15, -0.1) is 0 Å². The number of carbonyl (C=O) groups is 2. The van der Waals surface area contributed by atoms with E-state index < -0.39 is 22.7 Å². The topological polar surface area (TPSA) is 164 Å². The molecule has 2 aromatic heterocycles. The summed E-state index contributed by atoms with van der Waals surface area (Å²) >= 11 is 1.41. The van der Waals surface area contributed by atoms with Crippen LogP contribution in [0, 0.1) is 13.8 Å². The molecule has 2 heterocycles. The van der Waals surface area contributed by atoms with Crippen LogP contribution in [0.2, 0.25) is 0 Å². The van der Waals surface area contributed by atoms with Crippen LogP contribution in [0.4, 0.5) is 11.6 Å². The first-order valence-corrected chi connectivity index (χ1v) is 18.0. The molecule has 0 spiro atoms. The fourth-order valence-electron chi connectivity index (χ4n) is 4.43. The van der Waals surface area contributed by atoms with Crippen LogP contribution in [0.3, 0.4) is 0 Å². The molecule has 49 heavy (non-hydrogen) atoms. The molecule has 1 unspecified atom stereocenters. The van der Waals surface area contributed by atoms with Crippen LogP contribution < -0.4 is 20.1 Å². The van der Waals surface area contributed by atoms with Crippen molar-refractivity contribution in [2.24, 2.45) is 0 Å². The number of thioether (sulfide) groups is 1. The first-order chi connectivity index (χ1) is 23.5. The fraction of sp³-hybridized carbons (Fsp3) is 0.353. The number of hydrogen-bond donors (Lipinski definition) is 2. The van der Waals surface area contributed by atoms with E-state index in [-0.39, 0.29) is 17.3 Å². The van der Waals surface area contributed by atoms with Gasteiger partial charge in [0.05, 0.1) is 38.2 Å². The summed E-state index contributed by atoms with van der Waals surface area (Å²) in [6, 6.07) is 11.7. The minimum absolute atomic E-state index is 0.154. The zero-order valence-corrected chi connectivity index (χ0v) is 30.5.